The van der Waals surface area contributed by atoms with Crippen LogP contribution in [0.4, 0.5) is 0 Å². The molecule has 1 atom stereocenters. The third-order valence-electron chi connectivity index (χ3n) is 2.94. The van der Waals surface area contributed by atoms with Gasteiger partial charge in [0.25, 0.3) is 0 Å². The summed E-state index contributed by atoms with van der Waals surface area (Å²) in [5.74, 6) is -0.126. The first-order valence-corrected chi connectivity index (χ1v) is 6.03. The second-order valence-corrected chi connectivity index (χ2v) is 5.33. The number of nitrogens with zero attached hydrogens (tertiary/aromatic N) is 3. The van der Waals surface area contributed by atoms with Crippen LogP contribution in [0.5, 0.6) is 0 Å². The minimum Gasteiger partial charge on any atom is -0.330 e. The Hall–Kier alpha value is -1.41. The second-order valence-electron chi connectivity index (χ2n) is 4.43. The number of thiazole rings is 1. The number of hydrogen-bond acceptors (Lipinski definition) is 4. The van der Waals surface area contributed by atoms with E-state index in [1.54, 1.807) is 11.1 Å². The van der Waals surface area contributed by atoms with E-state index in [9.17, 15) is 4.79 Å². The smallest absolute Gasteiger partial charge is 0.224 e. The van der Waals surface area contributed by atoms with Crippen LogP contribution in [0.3, 0.4) is 0 Å². The predicted octanol–water partition coefficient (Wildman–Crippen LogP) is 1.75. The summed E-state index contributed by atoms with van der Waals surface area (Å²) < 4.78 is 0. The van der Waals surface area contributed by atoms with Crippen LogP contribution >= 0.6 is 11.3 Å². The van der Waals surface area contributed by atoms with E-state index in [-0.39, 0.29) is 11.8 Å². The highest BCUT2D eigenvalue weighted by Crippen LogP contribution is 2.34. The number of rotatable bonds is 2. The molecule has 1 unspecified atom stereocenters. The minimum atomic E-state index is -0.406. The Balaban J connectivity index is 2.26. The van der Waals surface area contributed by atoms with E-state index >= 15 is 0 Å². The molecule has 5 heteroatoms. The first kappa shape index (κ1) is 11.1. The van der Waals surface area contributed by atoms with Crippen molar-refractivity contribution in [3.05, 3.63) is 16.6 Å². The summed E-state index contributed by atoms with van der Waals surface area (Å²) in [6.07, 6.45) is 2.08. The molecule has 0 radical (unpaired) electrons. The van der Waals surface area contributed by atoms with Gasteiger partial charge in [-0.05, 0) is 13.8 Å². The zero-order chi connectivity index (χ0) is 11.8. The first-order chi connectivity index (χ1) is 7.55. The van der Waals surface area contributed by atoms with Crippen molar-refractivity contribution in [2.75, 3.05) is 6.54 Å². The first-order valence-electron chi connectivity index (χ1n) is 5.15. The minimum absolute atomic E-state index is 0.0479. The Morgan fingerprint density at radius 1 is 1.69 bits per heavy atom. The second kappa shape index (κ2) is 3.87. The van der Waals surface area contributed by atoms with Crippen LogP contribution in [0, 0.1) is 17.2 Å². The van der Waals surface area contributed by atoms with Gasteiger partial charge in [-0.3, -0.25) is 4.79 Å². The summed E-state index contributed by atoms with van der Waals surface area (Å²) in [6.45, 7) is 4.47. The lowest BCUT2D eigenvalue weighted by Gasteiger charge is -2.33. The van der Waals surface area contributed by atoms with Gasteiger partial charge in [0.1, 0.15) is 5.01 Å². The van der Waals surface area contributed by atoms with Crippen molar-refractivity contribution >= 4 is 17.2 Å². The maximum atomic E-state index is 11.8. The highest BCUT2D eigenvalue weighted by molar-refractivity contribution is 7.09. The lowest BCUT2D eigenvalue weighted by atomic mass is 10.0. The summed E-state index contributed by atoms with van der Waals surface area (Å²) in [6, 6.07) is 2.16. The summed E-state index contributed by atoms with van der Waals surface area (Å²) in [4.78, 5) is 17.9. The zero-order valence-electron chi connectivity index (χ0n) is 9.30. The average molecular weight is 235 g/mol. The van der Waals surface area contributed by atoms with Crippen molar-refractivity contribution < 1.29 is 4.79 Å². The summed E-state index contributed by atoms with van der Waals surface area (Å²) >= 11 is 1.54. The van der Waals surface area contributed by atoms with Crippen LogP contribution in [-0.4, -0.2) is 22.3 Å². The topological polar surface area (TPSA) is 57.0 Å². The van der Waals surface area contributed by atoms with Crippen LogP contribution in [-0.2, 0) is 10.3 Å². The maximum absolute atomic E-state index is 11.8. The van der Waals surface area contributed by atoms with Gasteiger partial charge in [-0.1, -0.05) is 0 Å². The fraction of sp³-hybridized carbons (Fsp3) is 0.545. The van der Waals surface area contributed by atoms with Crippen molar-refractivity contribution in [3.63, 3.8) is 0 Å². The number of hydrogen-bond donors (Lipinski definition) is 0. The fourth-order valence-corrected chi connectivity index (χ4v) is 2.75. The Labute approximate surface area is 98.5 Å². The molecular weight excluding hydrogens is 222 g/mol. The fourth-order valence-electron chi connectivity index (χ4n) is 1.98. The summed E-state index contributed by atoms with van der Waals surface area (Å²) in [5, 5.41) is 11.7. The predicted molar refractivity (Wildman–Crippen MR) is 60.6 cm³/mol. The third-order valence-corrected chi connectivity index (χ3v) is 4.02. The van der Waals surface area contributed by atoms with Crippen molar-refractivity contribution in [2.24, 2.45) is 5.92 Å². The highest BCUT2D eigenvalue weighted by Gasteiger charge is 2.41. The van der Waals surface area contributed by atoms with Crippen LogP contribution < -0.4 is 0 Å². The van der Waals surface area contributed by atoms with Gasteiger partial charge in [0, 0.05) is 24.5 Å². The number of aromatic nitrogens is 1. The van der Waals surface area contributed by atoms with Gasteiger partial charge in [-0.25, -0.2) is 4.98 Å². The standard InChI is InChI=1S/C11H13N3OS/c1-11(2,10-13-3-4-16-10)14-7-8(6-12)5-9(14)15/h3-4,8H,5,7H2,1-2H3. The van der Waals surface area contributed by atoms with Gasteiger partial charge < -0.3 is 4.90 Å². The molecule has 0 aliphatic carbocycles. The normalized spacial score (nSPS) is 21.2. The Kier molecular flexibility index (Phi) is 2.68. The van der Waals surface area contributed by atoms with Crippen LogP contribution in [0.25, 0.3) is 0 Å². The maximum Gasteiger partial charge on any atom is 0.224 e. The molecule has 0 saturated carbocycles. The van der Waals surface area contributed by atoms with Crippen LogP contribution in [0.2, 0.25) is 0 Å². The molecule has 2 rings (SSSR count). The van der Waals surface area contributed by atoms with Crippen molar-refractivity contribution in [1.29, 1.82) is 5.26 Å². The van der Waals surface area contributed by atoms with Crippen molar-refractivity contribution in [2.45, 2.75) is 25.8 Å². The van der Waals surface area contributed by atoms with E-state index < -0.39 is 5.54 Å². The van der Waals surface area contributed by atoms with Gasteiger partial charge in [0.15, 0.2) is 0 Å². The number of nitriles is 1. The average Bonchev–Trinajstić information content (AvgIpc) is 2.85. The summed E-state index contributed by atoms with van der Waals surface area (Å²) in [7, 11) is 0. The van der Waals surface area contributed by atoms with Gasteiger partial charge in [-0.15, -0.1) is 11.3 Å². The molecule has 0 aromatic carbocycles. The molecule has 1 aliphatic rings. The monoisotopic (exact) mass is 235 g/mol. The number of carbonyl (C=O) groups is 1. The molecule has 2 heterocycles. The zero-order valence-corrected chi connectivity index (χ0v) is 10.1. The molecule has 1 amide bonds. The molecule has 4 nitrogen and oxygen atoms in total. The molecule has 0 spiro atoms. The van der Waals surface area contributed by atoms with Gasteiger partial charge in [0.05, 0.1) is 17.5 Å². The van der Waals surface area contributed by atoms with E-state index in [0.717, 1.165) is 5.01 Å². The lowest BCUT2D eigenvalue weighted by Crippen LogP contribution is -2.42. The summed E-state index contributed by atoms with van der Waals surface area (Å²) in [5.41, 5.74) is -0.406. The molecule has 0 bridgehead atoms. The molecule has 16 heavy (non-hydrogen) atoms. The van der Waals surface area contributed by atoms with E-state index in [4.69, 9.17) is 5.26 Å². The van der Waals surface area contributed by atoms with Crippen molar-refractivity contribution in [3.8, 4) is 6.07 Å². The van der Waals surface area contributed by atoms with E-state index in [0.29, 0.717) is 13.0 Å². The van der Waals surface area contributed by atoms with Crippen molar-refractivity contribution in [1.82, 2.24) is 9.88 Å². The molecule has 1 aromatic rings. The van der Waals surface area contributed by atoms with Crippen LogP contribution in [0.15, 0.2) is 11.6 Å². The molecule has 1 aromatic heterocycles. The number of amides is 1. The van der Waals surface area contributed by atoms with Gasteiger partial charge in [-0.2, -0.15) is 5.26 Å². The van der Waals surface area contributed by atoms with E-state index in [1.165, 1.54) is 11.3 Å². The lowest BCUT2D eigenvalue weighted by molar-refractivity contribution is -0.132. The van der Waals surface area contributed by atoms with Crippen LogP contribution in [0.1, 0.15) is 25.3 Å². The molecular formula is C11H13N3OS. The number of likely N-dealkylation sites (tertiary alicyclic amines) is 1. The largest absolute Gasteiger partial charge is 0.330 e. The molecule has 0 N–H and O–H groups in total. The Bertz CT molecular complexity index is 433. The quantitative estimate of drug-likeness (QED) is 0.784. The number of carbonyl (C=O) groups excluding carboxylic acids is 1. The molecule has 84 valence electrons. The van der Waals surface area contributed by atoms with Gasteiger partial charge in [0.2, 0.25) is 5.91 Å². The van der Waals surface area contributed by atoms with Gasteiger partial charge >= 0.3 is 0 Å². The Morgan fingerprint density at radius 3 is 2.94 bits per heavy atom. The SMILES string of the molecule is CC(C)(c1nccs1)N1CC(C#N)CC1=O. The van der Waals surface area contributed by atoms with E-state index in [2.05, 4.69) is 11.1 Å². The Morgan fingerprint density at radius 2 is 2.44 bits per heavy atom. The highest BCUT2D eigenvalue weighted by atomic mass is 32.1. The van der Waals surface area contributed by atoms with E-state index in [1.807, 2.05) is 19.2 Å². The third kappa shape index (κ3) is 1.69. The molecule has 1 aliphatic heterocycles. The molecule has 1 fully saturated rings. The molecule has 1 saturated heterocycles.